The van der Waals surface area contributed by atoms with E-state index in [1.54, 1.807) is 42.5 Å². The van der Waals surface area contributed by atoms with E-state index in [9.17, 15) is 19.7 Å². The number of amides is 2. The SMILES string of the molecule is O=C1SC(=Cc2ccccc2[N+](=O)[O-])C(=O)N1c1ccccc1. The Balaban J connectivity index is 1.99. The number of hydrogen-bond donors (Lipinski definition) is 0. The minimum absolute atomic E-state index is 0.112. The molecule has 6 nitrogen and oxygen atoms in total. The fraction of sp³-hybridized carbons (Fsp3) is 0. The normalized spacial score (nSPS) is 16.2. The van der Waals surface area contributed by atoms with E-state index in [1.807, 2.05) is 0 Å². The molecule has 7 heteroatoms. The van der Waals surface area contributed by atoms with Crippen molar-refractivity contribution in [2.24, 2.45) is 0 Å². The number of carbonyl (C=O) groups excluding carboxylic acids is 2. The van der Waals surface area contributed by atoms with Crippen molar-refractivity contribution in [1.82, 2.24) is 0 Å². The molecule has 23 heavy (non-hydrogen) atoms. The van der Waals surface area contributed by atoms with Crippen LogP contribution in [0.15, 0.2) is 59.5 Å². The molecule has 3 rings (SSSR count). The third kappa shape index (κ3) is 2.86. The number of nitrogens with zero attached hydrogens (tertiary/aromatic N) is 2. The van der Waals surface area contributed by atoms with Gasteiger partial charge in [-0.3, -0.25) is 19.7 Å². The number of para-hydroxylation sites is 2. The topological polar surface area (TPSA) is 80.5 Å². The fourth-order valence-electron chi connectivity index (χ4n) is 2.18. The van der Waals surface area contributed by atoms with E-state index in [0.717, 1.165) is 16.7 Å². The van der Waals surface area contributed by atoms with Crippen LogP contribution in [0, 0.1) is 10.1 Å². The van der Waals surface area contributed by atoms with Gasteiger partial charge in [-0.25, -0.2) is 4.90 Å². The first kappa shape index (κ1) is 15.0. The zero-order valence-electron chi connectivity index (χ0n) is 11.7. The summed E-state index contributed by atoms with van der Waals surface area (Å²) in [6, 6.07) is 14.6. The third-order valence-electron chi connectivity index (χ3n) is 3.23. The average molecular weight is 326 g/mol. The molecule has 2 aromatic rings. The third-order valence-corrected chi connectivity index (χ3v) is 4.10. The minimum Gasteiger partial charge on any atom is -0.268 e. The predicted octanol–water partition coefficient (Wildman–Crippen LogP) is 3.84. The van der Waals surface area contributed by atoms with Crippen molar-refractivity contribution in [2.75, 3.05) is 4.90 Å². The molecular formula is C16H10N2O4S. The smallest absolute Gasteiger partial charge is 0.268 e. The monoisotopic (exact) mass is 326 g/mol. The highest BCUT2D eigenvalue weighted by molar-refractivity contribution is 8.19. The lowest BCUT2D eigenvalue weighted by Gasteiger charge is -2.11. The summed E-state index contributed by atoms with van der Waals surface area (Å²) in [6.07, 6.45) is 1.38. The number of benzene rings is 2. The largest absolute Gasteiger partial charge is 0.298 e. The molecule has 1 saturated heterocycles. The van der Waals surface area contributed by atoms with E-state index < -0.39 is 16.1 Å². The van der Waals surface area contributed by atoms with Gasteiger partial charge in [0.25, 0.3) is 16.8 Å². The lowest BCUT2D eigenvalue weighted by molar-refractivity contribution is -0.385. The number of carbonyl (C=O) groups is 2. The van der Waals surface area contributed by atoms with Gasteiger partial charge in [0.2, 0.25) is 0 Å². The zero-order valence-corrected chi connectivity index (χ0v) is 12.5. The minimum atomic E-state index is -0.521. The Kier molecular flexibility index (Phi) is 3.94. The van der Waals surface area contributed by atoms with E-state index in [2.05, 4.69) is 0 Å². The summed E-state index contributed by atoms with van der Waals surface area (Å²) in [6.45, 7) is 0. The van der Waals surface area contributed by atoms with Gasteiger partial charge in [0.15, 0.2) is 0 Å². The van der Waals surface area contributed by atoms with Crippen molar-refractivity contribution in [2.45, 2.75) is 0 Å². The van der Waals surface area contributed by atoms with Crippen LogP contribution in [0.2, 0.25) is 0 Å². The van der Waals surface area contributed by atoms with Gasteiger partial charge >= 0.3 is 0 Å². The summed E-state index contributed by atoms with van der Waals surface area (Å²) in [7, 11) is 0. The molecule has 1 heterocycles. The molecule has 114 valence electrons. The average Bonchev–Trinajstić information content (AvgIpc) is 2.82. The van der Waals surface area contributed by atoms with Crippen molar-refractivity contribution < 1.29 is 14.5 Å². The van der Waals surface area contributed by atoms with Crippen LogP contribution < -0.4 is 4.90 Å². The number of nitro benzene ring substituents is 1. The summed E-state index contributed by atoms with van der Waals surface area (Å²) in [5.74, 6) is -0.482. The summed E-state index contributed by atoms with van der Waals surface area (Å²) in [4.78, 5) is 36.3. The van der Waals surface area contributed by atoms with E-state index in [1.165, 1.54) is 18.2 Å². The molecule has 0 aromatic heterocycles. The van der Waals surface area contributed by atoms with Crippen LogP contribution in [0.3, 0.4) is 0 Å². The first-order chi connectivity index (χ1) is 11.1. The summed E-state index contributed by atoms with van der Waals surface area (Å²) in [5, 5.41) is 10.6. The van der Waals surface area contributed by atoms with Gasteiger partial charge in [0, 0.05) is 6.07 Å². The number of hydrogen-bond acceptors (Lipinski definition) is 5. The molecule has 0 aliphatic carbocycles. The molecule has 1 aliphatic heterocycles. The van der Waals surface area contributed by atoms with Crippen LogP contribution in [0.5, 0.6) is 0 Å². The molecule has 0 unspecified atom stereocenters. The van der Waals surface area contributed by atoms with Gasteiger partial charge in [-0.15, -0.1) is 0 Å². The van der Waals surface area contributed by atoms with E-state index >= 15 is 0 Å². The second-order valence-electron chi connectivity index (χ2n) is 4.67. The Hall–Kier alpha value is -2.93. The molecular weight excluding hydrogens is 316 g/mol. The van der Waals surface area contributed by atoms with Crippen LogP contribution in [-0.4, -0.2) is 16.1 Å². The van der Waals surface area contributed by atoms with Crippen LogP contribution >= 0.6 is 11.8 Å². The Bertz CT molecular complexity index is 833. The second kappa shape index (κ2) is 6.05. The van der Waals surface area contributed by atoms with Crippen molar-refractivity contribution in [3.63, 3.8) is 0 Å². The van der Waals surface area contributed by atoms with Crippen LogP contribution in [0.4, 0.5) is 16.2 Å². The summed E-state index contributed by atoms with van der Waals surface area (Å²) in [5.41, 5.74) is 0.649. The highest BCUT2D eigenvalue weighted by Crippen LogP contribution is 2.36. The van der Waals surface area contributed by atoms with Gasteiger partial charge < -0.3 is 0 Å². The van der Waals surface area contributed by atoms with Crippen molar-refractivity contribution in [3.8, 4) is 0 Å². The van der Waals surface area contributed by atoms with E-state index in [-0.39, 0.29) is 16.2 Å². The van der Waals surface area contributed by atoms with E-state index in [0.29, 0.717) is 5.69 Å². The van der Waals surface area contributed by atoms with Crippen molar-refractivity contribution >= 4 is 40.4 Å². The highest BCUT2D eigenvalue weighted by Gasteiger charge is 2.36. The van der Waals surface area contributed by atoms with Crippen LogP contribution in [0.1, 0.15) is 5.56 Å². The molecule has 0 atom stereocenters. The first-order valence-electron chi connectivity index (χ1n) is 6.64. The molecule has 1 aliphatic rings. The van der Waals surface area contributed by atoms with Gasteiger partial charge in [-0.05, 0) is 36.0 Å². The zero-order chi connectivity index (χ0) is 16.4. The van der Waals surface area contributed by atoms with Crippen molar-refractivity contribution in [1.29, 1.82) is 0 Å². The molecule has 0 saturated carbocycles. The Morgan fingerprint density at radius 3 is 2.35 bits per heavy atom. The van der Waals surface area contributed by atoms with Gasteiger partial charge in [-0.1, -0.05) is 30.3 Å². The molecule has 0 spiro atoms. The Morgan fingerprint density at radius 1 is 1.00 bits per heavy atom. The Labute approximate surface area is 135 Å². The molecule has 0 radical (unpaired) electrons. The molecule has 0 bridgehead atoms. The first-order valence-corrected chi connectivity index (χ1v) is 7.46. The van der Waals surface area contributed by atoms with Gasteiger partial charge in [-0.2, -0.15) is 0 Å². The van der Waals surface area contributed by atoms with Gasteiger partial charge in [0.1, 0.15) is 0 Å². The quantitative estimate of drug-likeness (QED) is 0.486. The maximum absolute atomic E-state index is 12.4. The van der Waals surface area contributed by atoms with Gasteiger partial charge in [0.05, 0.1) is 21.1 Å². The van der Waals surface area contributed by atoms with Crippen molar-refractivity contribution in [3.05, 3.63) is 75.2 Å². The van der Waals surface area contributed by atoms with Crippen LogP contribution in [-0.2, 0) is 4.79 Å². The van der Waals surface area contributed by atoms with E-state index in [4.69, 9.17) is 0 Å². The molecule has 2 aromatic carbocycles. The molecule has 2 amide bonds. The molecule has 1 fully saturated rings. The lowest BCUT2D eigenvalue weighted by Crippen LogP contribution is -2.27. The second-order valence-corrected chi connectivity index (χ2v) is 5.66. The van der Waals surface area contributed by atoms with Crippen LogP contribution in [0.25, 0.3) is 6.08 Å². The predicted molar refractivity (Wildman–Crippen MR) is 88.0 cm³/mol. The lowest BCUT2D eigenvalue weighted by atomic mass is 10.1. The Morgan fingerprint density at radius 2 is 1.65 bits per heavy atom. The molecule has 0 N–H and O–H groups in total. The number of imide groups is 1. The fourth-order valence-corrected chi connectivity index (χ4v) is 3.02. The standard InChI is InChI=1S/C16H10N2O4S/c19-15-14(10-11-6-4-5-9-13(11)18(21)22)23-16(20)17(15)12-7-2-1-3-8-12/h1-10H. The maximum atomic E-state index is 12.4. The highest BCUT2D eigenvalue weighted by atomic mass is 32.2. The number of rotatable bonds is 3. The number of anilines is 1. The maximum Gasteiger partial charge on any atom is 0.298 e. The number of nitro groups is 1. The number of thioether (sulfide) groups is 1. The summed E-state index contributed by atoms with van der Waals surface area (Å²) >= 11 is 0.768. The summed E-state index contributed by atoms with van der Waals surface area (Å²) < 4.78 is 0.